The molecule has 0 bridgehead atoms. The molecule has 7 heteroatoms. The van der Waals surface area contributed by atoms with E-state index in [-0.39, 0.29) is 28.7 Å². The fraction of sp³-hybridized carbons (Fsp3) is 0.462. The van der Waals surface area contributed by atoms with Gasteiger partial charge < -0.3 is 10.6 Å². The first kappa shape index (κ1) is 15.3. The largest absolute Gasteiger partial charge is 0.322 e. The summed E-state index contributed by atoms with van der Waals surface area (Å²) in [7, 11) is 0. The Balaban J connectivity index is 2.01. The van der Waals surface area contributed by atoms with E-state index >= 15 is 0 Å². The molecule has 110 valence electrons. The third-order valence-electron chi connectivity index (χ3n) is 3.26. The molecule has 1 fully saturated rings. The van der Waals surface area contributed by atoms with E-state index in [4.69, 9.17) is 0 Å². The number of nitrogens with zero attached hydrogens (tertiary/aromatic N) is 1. The van der Waals surface area contributed by atoms with E-state index in [1.54, 1.807) is 0 Å². The molecule has 0 radical (unpaired) electrons. The monoisotopic (exact) mass is 347 g/mol. The Morgan fingerprint density at radius 3 is 2.95 bits per heavy atom. The summed E-state index contributed by atoms with van der Waals surface area (Å²) in [6, 6.07) is 2.11. The van der Waals surface area contributed by atoms with Gasteiger partial charge in [-0.3, -0.25) is 9.69 Å². The number of amides is 1. The number of hydrogen-bond acceptors (Lipinski definition) is 3. The Hall–Kier alpha value is -1.05. The van der Waals surface area contributed by atoms with Gasteiger partial charge in [0, 0.05) is 36.2 Å². The summed E-state index contributed by atoms with van der Waals surface area (Å²) in [6.45, 7) is 4.62. The van der Waals surface area contributed by atoms with Crippen LogP contribution >= 0.6 is 15.9 Å². The fourth-order valence-corrected chi connectivity index (χ4v) is 2.65. The number of rotatable bonds is 3. The van der Waals surface area contributed by atoms with Crippen LogP contribution in [-0.4, -0.2) is 43.0 Å². The first-order chi connectivity index (χ1) is 9.47. The van der Waals surface area contributed by atoms with E-state index in [1.165, 1.54) is 0 Å². The average molecular weight is 348 g/mol. The van der Waals surface area contributed by atoms with E-state index in [0.29, 0.717) is 0 Å². The maximum Gasteiger partial charge on any atom is 0.238 e. The van der Waals surface area contributed by atoms with Gasteiger partial charge in [0.15, 0.2) is 5.82 Å². The molecule has 20 heavy (non-hydrogen) atoms. The van der Waals surface area contributed by atoms with E-state index < -0.39 is 11.6 Å². The Morgan fingerprint density at radius 1 is 1.55 bits per heavy atom. The van der Waals surface area contributed by atoms with Crippen molar-refractivity contribution in [3.8, 4) is 0 Å². The molecular formula is C13H16BrF2N3O. The minimum atomic E-state index is -0.793. The number of anilines is 1. The molecular weight excluding hydrogens is 332 g/mol. The minimum absolute atomic E-state index is 0.0285. The first-order valence-electron chi connectivity index (χ1n) is 6.36. The molecule has 0 saturated carbocycles. The summed E-state index contributed by atoms with van der Waals surface area (Å²) >= 11 is 3.05. The SMILES string of the molecule is C[C@@H]1CNCCN1CC(=O)Nc1c(F)cc(F)cc1Br. The van der Waals surface area contributed by atoms with Crippen molar-refractivity contribution < 1.29 is 13.6 Å². The number of carbonyl (C=O) groups excluding carboxylic acids is 1. The summed E-state index contributed by atoms with van der Waals surface area (Å²) in [5, 5.41) is 5.71. The Kier molecular flexibility index (Phi) is 5.06. The van der Waals surface area contributed by atoms with Crippen molar-refractivity contribution in [2.75, 3.05) is 31.5 Å². The number of piperazine rings is 1. The molecule has 1 aliphatic heterocycles. The lowest BCUT2D eigenvalue weighted by Gasteiger charge is -2.33. The Bertz CT molecular complexity index is 489. The van der Waals surface area contributed by atoms with Crippen LogP contribution < -0.4 is 10.6 Å². The van der Waals surface area contributed by atoms with Gasteiger partial charge in [0.25, 0.3) is 0 Å². The van der Waals surface area contributed by atoms with Crippen molar-refractivity contribution in [1.29, 1.82) is 0 Å². The van der Waals surface area contributed by atoms with E-state index in [0.717, 1.165) is 31.8 Å². The second kappa shape index (κ2) is 6.60. The van der Waals surface area contributed by atoms with Gasteiger partial charge in [-0.05, 0) is 28.9 Å². The highest BCUT2D eigenvalue weighted by atomic mass is 79.9. The van der Waals surface area contributed by atoms with E-state index in [2.05, 4.69) is 26.6 Å². The Morgan fingerprint density at radius 2 is 2.30 bits per heavy atom. The average Bonchev–Trinajstić information content (AvgIpc) is 2.36. The summed E-state index contributed by atoms with van der Waals surface area (Å²) in [4.78, 5) is 14.0. The van der Waals surface area contributed by atoms with Crippen molar-refractivity contribution in [2.24, 2.45) is 0 Å². The lowest BCUT2D eigenvalue weighted by molar-refractivity contribution is -0.118. The summed E-state index contributed by atoms with van der Waals surface area (Å²) in [5.74, 6) is -1.80. The van der Waals surface area contributed by atoms with Crippen LogP contribution in [0.25, 0.3) is 0 Å². The zero-order valence-electron chi connectivity index (χ0n) is 11.0. The van der Waals surface area contributed by atoms with Crippen LogP contribution in [0.3, 0.4) is 0 Å². The molecule has 1 saturated heterocycles. The topological polar surface area (TPSA) is 44.4 Å². The zero-order valence-corrected chi connectivity index (χ0v) is 12.6. The number of carbonyl (C=O) groups is 1. The van der Waals surface area contributed by atoms with Crippen molar-refractivity contribution in [1.82, 2.24) is 10.2 Å². The molecule has 4 nitrogen and oxygen atoms in total. The van der Waals surface area contributed by atoms with Crippen LogP contribution in [0.5, 0.6) is 0 Å². The maximum atomic E-state index is 13.6. The van der Waals surface area contributed by atoms with Gasteiger partial charge in [-0.1, -0.05) is 0 Å². The third kappa shape index (κ3) is 3.74. The van der Waals surface area contributed by atoms with Gasteiger partial charge in [0.2, 0.25) is 5.91 Å². The predicted octanol–water partition coefficient (Wildman–Crippen LogP) is 1.96. The maximum absolute atomic E-state index is 13.6. The van der Waals surface area contributed by atoms with E-state index in [1.807, 2.05) is 11.8 Å². The molecule has 0 spiro atoms. The molecule has 1 aromatic carbocycles. The van der Waals surface area contributed by atoms with Crippen LogP contribution in [-0.2, 0) is 4.79 Å². The second-order valence-corrected chi connectivity index (χ2v) is 5.67. The minimum Gasteiger partial charge on any atom is -0.322 e. The fourth-order valence-electron chi connectivity index (χ4n) is 2.14. The van der Waals surface area contributed by atoms with Crippen LogP contribution in [0.15, 0.2) is 16.6 Å². The van der Waals surface area contributed by atoms with Crippen molar-refractivity contribution in [3.05, 3.63) is 28.2 Å². The molecule has 2 N–H and O–H groups in total. The molecule has 1 amide bonds. The molecule has 1 aliphatic rings. The van der Waals surface area contributed by atoms with Crippen LogP contribution in [0.4, 0.5) is 14.5 Å². The van der Waals surface area contributed by atoms with Crippen molar-refractivity contribution in [2.45, 2.75) is 13.0 Å². The lowest BCUT2D eigenvalue weighted by atomic mass is 10.2. The molecule has 0 aliphatic carbocycles. The van der Waals surface area contributed by atoms with Crippen LogP contribution in [0, 0.1) is 11.6 Å². The second-order valence-electron chi connectivity index (χ2n) is 4.82. The molecule has 0 unspecified atom stereocenters. The molecule has 1 aromatic rings. The number of hydrogen-bond donors (Lipinski definition) is 2. The van der Waals surface area contributed by atoms with Gasteiger partial charge in [0.05, 0.1) is 12.2 Å². The molecule has 1 heterocycles. The summed E-state index contributed by atoms with van der Waals surface area (Å²) in [6.07, 6.45) is 0. The number of benzene rings is 1. The standard InChI is InChI=1S/C13H16BrF2N3O/c1-8-6-17-2-3-19(8)7-12(20)18-13-10(14)4-9(15)5-11(13)16/h4-5,8,17H,2-3,6-7H2,1H3,(H,18,20)/t8-/m1/s1. The lowest BCUT2D eigenvalue weighted by Crippen LogP contribution is -2.52. The highest BCUT2D eigenvalue weighted by molar-refractivity contribution is 9.10. The van der Waals surface area contributed by atoms with Gasteiger partial charge in [-0.15, -0.1) is 0 Å². The van der Waals surface area contributed by atoms with Crippen LogP contribution in [0.1, 0.15) is 6.92 Å². The zero-order chi connectivity index (χ0) is 14.7. The van der Waals surface area contributed by atoms with Crippen LogP contribution in [0.2, 0.25) is 0 Å². The predicted molar refractivity (Wildman–Crippen MR) is 76.6 cm³/mol. The van der Waals surface area contributed by atoms with Crippen molar-refractivity contribution in [3.63, 3.8) is 0 Å². The number of halogens is 3. The summed E-state index contributed by atoms with van der Waals surface area (Å²) < 4.78 is 26.8. The third-order valence-corrected chi connectivity index (χ3v) is 3.88. The van der Waals surface area contributed by atoms with Gasteiger partial charge >= 0.3 is 0 Å². The normalized spacial score (nSPS) is 19.9. The van der Waals surface area contributed by atoms with E-state index in [9.17, 15) is 13.6 Å². The summed E-state index contributed by atoms with van der Waals surface area (Å²) in [5.41, 5.74) is -0.0285. The molecule has 0 aromatic heterocycles. The number of nitrogens with one attached hydrogen (secondary N) is 2. The highest BCUT2D eigenvalue weighted by Gasteiger charge is 2.21. The van der Waals surface area contributed by atoms with Crippen molar-refractivity contribution >= 4 is 27.5 Å². The smallest absolute Gasteiger partial charge is 0.238 e. The first-order valence-corrected chi connectivity index (χ1v) is 7.16. The van der Waals surface area contributed by atoms with Gasteiger partial charge in [-0.2, -0.15) is 0 Å². The highest BCUT2D eigenvalue weighted by Crippen LogP contribution is 2.26. The quantitative estimate of drug-likeness (QED) is 0.878. The van der Waals surface area contributed by atoms with Gasteiger partial charge in [0.1, 0.15) is 5.82 Å². The molecule has 2 rings (SSSR count). The Labute approximate surface area is 124 Å². The van der Waals surface area contributed by atoms with Gasteiger partial charge in [-0.25, -0.2) is 8.78 Å². The molecule has 1 atom stereocenters.